The van der Waals surface area contributed by atoms with E-state index in [1.807, 2.05) is 0 Å². The summed E-state index contributed by atoms with van der Waals surface area (Å²) in [6.07, 6.45) is 5.10. The van der Waals surface area contributed by atoms with Crippen LogP contribution < -0.4 is 0 Å². The summed E-state index contributed by atoms with van der Waals surface area (Å²) < 4.78 is 5.99. The number of ether oxygens (including phenoxy) is 1. The van der Waals surface area contributed by atoms with Crippen molar-refractivity contribution in [3.8, 4) is 0 Å². The summed E-state index contributed by atoms with van der Waals surface area (Å²) in [5.74, 6) is 0.681. The fourth-order valence-corrected chi connectivity index (χ4v) is 2.81. The lowest BCUT2D eigenvalue weighted by atomic mass is 9.68. The molecule has 0 radical (unpaired) electrons. The van der Waals surface area contributed by atoms with Crippen LogP contribution >= 0.6 is 0 Å². The van der Waals surface area contributed by atoms with Crippen molar-refractivity contribution in [2.75, 3.05) is 6.61 Å². The van der Waals surface area contributed by atoms with Crippen molar-refractivity contribution in [1.82, 2.24) is 0 Å². The van der Waals surface area contributed by atoms with Gasteiger partial charge in [-0.25, -0.2) is 0 Å². The molecule has 0 aromatic rings. The first-order valence-electron chi connectivity index (χ1n) is 7.95. The molecule has 1 fully saturated rings. The second-order valence-electron chi connectivity index (χ2n) is 8.14. The first-order chi connectivity index (χ1) is 8.65. The average molecular weight is 270 g/mol. The maximum atomic E-state index is 10.1. The van der Waals surface area contributed by atoms with Crippen molar-refractivity contribution in [1.29, 1.82) is 0 Å². The standard InChI is InChI=1S/C17H34O2/c1-7-17(5,6)13-8-9-14(18)15(12-13)19-11-10-16(2,3)4/h13-15,18H,7-12H2,1-6H3. The Hall–Kier alpha value is -0.0800. The molecule has 2 heteroatoms. The van der Waals surface area contributed by atoms with E-state index in [-0.39, 0.29) is 12.2 Å². The second-order valence-corrected chi connectivity index (χ2v) is 8.14. The van der Waals surface area contributed by atoms with Gasteiger partial charge in [-0.3, -0.25) is 0 Å². The third-order valence-corrected chi connectivity index (χ3v) is 4.96. The van der Waals surface area contributed by atoms with E-state index < -0.39 is 0 Å². The highest BCUT2D eigenvalue weighted by Gasteiger charge is 2.37. The van der Waals surface area contributed by atoms with Crippen LogP contribution in [0.1, 0.15) is 73.6 Å². The SMILES string of the molecule is CCC(C)(C)C1CCC(O)C(OCCC(C)(C)C)C1. The van der Waals surface area contributed by atoms with Crippen LogP contribution in [0.15, 0.2) is 0 Å². The van der Waals surface area contributed by atoms with Gasteiger partial charge in [-0.1, -0.05) is 48.0 Å². The smallest absolute Gasteiger partial charge is 0.0836 e. The number of rotatable bonds is 5. The second kappa shape index (κ2) is 6.58. The molecule has 2 nitrogen and oxygen atoms in total. The lowest BCUT2D eigenvalue weighted by molar-refractivity contribution is -0.0899. The minimum atomic E-state index is -0.260. The van der Waals surface area contributed by atoms with Gasteiger partial charge in [0.25, 0.3) is 0 Å². The molecule has 0 saturated heterocycles. The van der Waals surface area contributed by atoms with E-state index in [0.29, 0.717) is 16.7 Å². The third-order valence-electron chi connectivity index (χ3n) is 4.96. The molecule has 0 aromatic heterocycles. The topological polar surface area (TPSA) is 29.5 Å². The van der Waals surface area contributed by atoms with Crippen LogP contribution in [0.4, 0.5) is 0 Å². The van der Waals surface area contributed by atoms with Gasteiger partial charge in [0.2, 0.25) is 0 Å². The van der Waals surface area contributed by atoms with E-state index in [1.54, 1.807) is 0 Å². The molecule has 0 spiro atoms. The minimum absolute atomic E-state index is 0.0481. The van der Waals surface area contributed by atoms with E-state index in [0.717, 1.165) is 32.3 Å². The van der Waals surface area contributed by atoms with Crippen LogP contribution in [0.2, 0.25) is 0 Å². The highest BCUT2D eigenvalue weighted by Crippen LogP contribution is 2.41. The Morgan fingerprint density at radius 2 is 1.74 bits per heavy atom. The summed E-state index contributed by atoms with van der Waals surface area (Å²) in [7, 11) is 0. The van der Waals surface area contributed by atoms with Gasteiger partial charge in [-0.2, -0.15) is 0 Å². The highest BCUT2D eigenvalue weighted by atomic mass is 16.5. The van der Waals surface area contributed by atoms with Crippen LogP contribution in [0.25, 0.3) is 0 Å². The van der Waals surface area contributed by atoms with Gasteiger partial charge >= 0.3 is 0 Å². The van der Waals surface area contributed by atoms with E-state index in [4.69, 9.17) is 4.74 Å². The van der Waals surface area contributed by atoms with Crippen LogP contribution in [-0.4, -0.2) is 23.9 Å². The number of aliphatic hydroxyl groups is 1. The monoisotopic (exact) mass is 270 g/mol. The van der Waals surface area contributed by atoms with E-state index in [9.17, 15) is 5.11 Å². The predicted octanol–water partition coefficient (Wildman–Crippen LogP) is 4.41. The summed E-state index contributed by atoms with van der Waals surface area (Å²) >= 11 is 0. The fourth-order valence-electron chi connectivity index (χ4n) is 2.81. The zero-order chi connectivity index (χ0) is 14.7. The van der Waals surface area contributed by atoms with Crippen LogP contribution in [0.3, 0.4) is 0 Å². The molecular weight excluding hydrogens is 236 g/mol. The zero-order valence-electron chi connectivity index (χ0n) is 13.8. The lowest BCUT2D eigenvalue weighted by Gasteiger charge is -2.41. The average Bonchev–Trinajstić information content (AvgIpc) is 2.29. The van der Waals surface area contributed by atoms with Gasteiger partial charge < -0.3 is 9.84 Å². The molecule has 0 bridgehead atoms. The van der Waals surface area contributed by atoms with Crippen molar-refractivity contribution in [3.05, 3.63) is 0 Å². The maximum Gasteiger partial charge on any atom is 0.0836 e. The molecule has 1 aliphatic carbocycles. The van der Waals surface area contributed by atoms with Gasteiger partial charge in [-0.15, -0.1) is 0 Å². The van der Waals surface area contributed by atoms with E-state index in [1.165, 1.54) is 6.42 Å². The van der Waals surface area contributed by atoms with Crippen molar-refractivity contribution < 1.29 is 9.84 Å². The molecule has 1 aliphatic rings. The maximum absolute atomic E-state index is 10.1. The van der Waals surface area contributed by atoms with Crippen LogP contribution in [-0.2, 0) is 4.74 Å². The van der Waals surface area contributed by atoms with Gasteiger partial charge in [0.15, 0.2) is 0 Å². The van der Waals surface area contributed by atoms with E-state index in [2.05, 4.69) is 41.5 Å². The first kappa shape index (κ1) is 17.0. The summed E-state index contributed by atoms with van der Waals surface area (Å²) in [4.78, 5) is 0. The number of hydrogen-bond acceptors (Lipinski definition) is 2. The molecule has 1 N–H and O–H groups in total. The minimum Gasteiger partial charge on any atom is -0.390 e. The molecular formula is C17H34O2. The Kier molecular flexibility index (Phi) is 5.88. The Morgan fingerprint density at radius 1 is 1.11 bits per heavy atom. The summed E-state index contributed by atoms with van der Waals surface area (Å²) in [5, 5.41) is 10.1. The van der Waals surface area contributed by atoms with E-state index >= 15 is 0 Å². The first-order valence-corrected chi connectivity index (χ1v) is 7.95. The number of hydrogen-bond donors (Lipinski definition) is 1. The van der Waals surface area contributed by atoms with Gasteiger partial charge in [0.1, 0.15) is 0 Å². The lowest BCUT2D eigenvalue weighted by Crippen LogP contribution is -2.40. The van der Waals surface area contributed by atoms with Crippen LogP contribution in [0, 0.1) is 16.7 Å². The zero-order valence-corrected chi connectivity index (χ0v) is 13.8. The third kappa shape index (κ3) is 5.43. The highest BCUT2D eigenvalue weighted by molar-refractivity contribution is 4.87. The fraction of sp³-hybridized carbons (Fsp3) is 1.00. The molecule has 3 unspecified atom stereocenters. The van der Waals surface area contributed by atoms with Crippen molar-refractivity contribution >= 4 is 0 Å². The summed E-state index contributed by atoms with van der Waals surface area (Å²) in [5.41, 5.74) is 0.674. The molecule has 114 valence electrons. The van der Waals surface area contributed by atoms with Gasteiger partial charge in [0.05, 0.1) is 12.2 Å². The molecule has 0 heterocycles. The van der Waals surface area contributed by atoms with Crippen molar-refractivity contribution in [3.63, 3.8) is 0 Å². The molecule has 0 aromatic carbocycles. The quantitative estimate of drug-likeness (QED) is 0.802. The Morgan fingerprint density at radius 3 is 2.26 bits per heavy atom. The Bertz CT molecular complexity index is 265. The Labute approximate surface area is 119 Å². The van der Waals surface area contributed by atoms with Gasteiger partial charge in [-0.05, 0) is 42.4 Å². The molecule has 3 atom stereocenters. The largest absolute Gasteiger partial charge is 0.390 e. The normalized spacial score (nSPS) is 29.5. The molecule has 1 rings (SSSR count). The molecule has 19 heavy (non-hydrogen) atoms. The summed E-state index contributed by atoms with van der Waals surface area (Å²) in [6.45, 7) is 14.4. The van der Waals surface area contributed by atoms with Crippen LogP contribution in [0.5, 0.6) is 0 Å². The molecule has 0 aliphatic heterocycles. The van der Waals surface area contributed by atoms with Gasteiger partial charge in [0, 0.05) is 6.61 Å². The molecule has 0 amide bonds. The van der Waals surface area contributed by atoms with Crippen molar-refractivity contribution in [2.24, 2.45) is 16.7 Å². The number of aliphatic hydroxyl groups excluding tert-OH is 1. The predicted molar refractivity (Wildman–Crippen MR) is 81.2 cm³/mol. The summed E-state index contributed by atoms with van der Waals surface area (Å²) in [6, 6.07) is 0. The van der Waals surface area contributed by atoms with Crippen molar-refractivity contribution in [2.45, 2.75) is 85.9 Å². The Balaban J connectivity index is 2.48. The molecule has 1 saturated carbocycles.